The summed E-state index contributed by atoms with van der Waals surface area (Å²) < 4.78 is 5.18. The highest BCUT2D eigenvalue weighted by atomic mass is 35.5. The zero-order chi connectivity index (χ0) is 15.0. The van der Waals surface area contributed by atoms with E-state index in [1.807, 2.05) is 13.0 Å². The van der Waals surface area contributed by atoms with Crippen molar-refractivity contribution in [2.24, 2.45) is 0 Å². The van der Waals surface area contributed by atoms with Gasteiger partial charge in [-0.15, -0.1) is 0 Å². The van der Waals surface area contributed by atoms with Gasteiger partial charge in [-0.05, 0) is 37.5 Å². The van der Waals surface area contributed by atoms with Crippen LogP contribution in [0.4, 0.5) is 0 Å². The van der Waals surface area contributed by atoms with Crippen LogP contribution in [0.1, 0.15) is 53.5 Å². The molecule has 1 heterocycles. The third kappa shape index (κ3) is 3.22. The highest BCUT2D eigenvalue weighted by Crippen LogP contribution is 2.40. The van der Waals surface area contributed by atoms with E-state index in [9.17, 15) is 4.79 Å². The Labute approximate surface area is 132 Å². The van der Waals surface area contributed by atoms with Crippen LogP contribution in [0.15, 0.2) is 28.8 Å². The van der Waals surface area contributed by atoms with Crippen molar-refractivity contribution in [2.45, 2.75) is 31.7 Å². The van der Waals surface area contributed by atoms with E-state index in [2.05, 4.69) is 10.5 Å². The monoisotopic (exact) mass is 324 g/mol. The van der Waals surface area contributed by atoms with Gasteiger partial charge in [-0.1, -0.05) is 34.4 Å². The van der Waals surface area contributed by atoms with E-state index >= 15 is 0 Å². The molecule has 0 aliphatic heterocycles. The predicted octanol–water partition coefficient (Wildman–Crippen LogP) is 4.35. The molecule has 2 aromatic rings. The minimum atomic E-state index is -0.260. The number of carbonyl (C=O) groups is 1. The molecule has 1 amide bonds. The fourth-order valence-corrected chi connectivity index (χ4v) is 2.40. The molecule has 0 spiro atoms. The Morgan fingerprint density at radius 1 is 1.33 bits per heavy atom. The largest absolute Gasteiger partial charge is 0.360 e. The molecule has 1 aromatic heterocycles. The molecule has 6 heteroatoms. The van der Waals surface area contributed by atoms with Crippen molar-refractivity contribution in [2.75, 3.05) is 0 Å². The Morgan fingerprint density at radius 3 is 2.76 bits per heavy atom. The van der Waals surface area contributed by atoms with Gasteiger partial charge in [-0.2, -0.15) is 0 Å². The number of halogens is 2. The first kappa shape index (κ1) is 14.4. The van der Waals surface area contributed by atoms with Crippen LogP contribution in [0.3, 0.4) is 0 Å². The summed E-state index contributed by atoms with van der Waals surface area (Å²) in [7, 11) is 0. The molecule has 110 valence electrons. The van der Waals surface area contributed by atoms with E-state index in [0.29, 0.717) is 21.7 Å². The fourth-order valence-electron chi connectivity index (χ4n) is 2.09. The van der Waals surface area contributed by atoms with Gasteiger partial charge in [-0.25, -0.2) is 0 Å². The third-order valence-electron chi connectivity index (χ3n) is 3.53. The molecule has 1 saturated carbocycles. The van der Waals surface area contributed by atoms with E-state index in [0.717, 1.165) is 24.2 Å². The first-order valence-electron chi connectivity index (χ1n) is 6.77. The van der Waals surface area contributed by atoms with Gasteiger partial charge in [0.05, 0.1) is 16.1 Å². The second-order valence-corrected chi connectivity index (χ2v) is 6.07. The predicted molar refractivity (Wildman–Crippen MR) is 80.8 cm³/mol. The lowest BCUT2D eigenvalue weighted by molar-refractivity contribution is 0.0930. The van der Waals surface area contributed by atoms with E-state index < -0.39 is 0 Å². The van der Waals surface area contributed by atoms with Crippen LogP contribution in [-0.4, -0.2) is 11.1 Å². The lowest BCUT2D eigenvalue weighted by Gasteiger charge is -2.13. The normalized spacial score (nSPS) is 15.8. The van der Waals surface area contributed by atoms with Crippen molar-refractivity contribution in [1.29, 1.82) is 0 Å². The van der Waals surface area contributed by atoms with Gasteiger partial charge in [0.25, 0.3) is 5.91 Å². The topological polar surface area (TPSA) is 55.1 Å². The zero-order valence-electron chi connectivity index (χ0n) is 11.4. The number of hydrogen-bond donors (Lipinski definition) is 1. The van der Waals surface area contributed by atoms with Gasteiger partial charge in [-0.3, -0.25) is 4.79 Å². The number of hydrogen-bond acceptors (Lipinski definition) is 3. The van der Waals surface area contributed by atoms with E-state index in [-0.39, 0.29) is 11.9 Å². The molecule has 1 fully saturated rings. The Kier molecular flexibility index (Phi) is 3.91. The maximum absolute atomic E-state index is 12.1. The van der Waals surface area contributed by atoms with Crippen LogP contribution in [-0.2, 0) is 0 Å². The van der Waals surface area contributed by atoms with Crippen LogP contribution >= 0.6 is 23.2 Å². The minimum Gasteiger partial charge on any atom is -0.360 e. The second kappa shape index (κ2) is 5.70. The summed E-state index contributed by atoms with van der Waals surface area (Å²) in [5, 5.41) is 7.65. The van der Waals surface area contributed by atoms with Crippen LogP contribution < -0.4 is 5.32 Å². The van der Waals surface area contributed by atoms with Crippen LogP contribution in [0.2, 0.25) is 10.0 Å². The van der Waals surface area contributed by atoms with Gasteiger partial charge in [0.1, 0.15) is 5.76 Å². The number of amides is 1. The maximum Gasteiger partial charge on any atom is 0.273 e. The molecule has 1 aromatic carbocycles. The first-order chi connectivity index (χ1) is 10.0. The van der Waals surface area contributed by atoms with Crippen molar-refractivity contribution >= 4 is 29.1 Å². The molecule has 21 heavy (non-hydrogen) atoms. The van der Waals surface area contributed by atoms with Crippen molar-refractivity contribution in [3.8, 4) is 0 Å². The summed E-state index contributed by atoms with van der Waals surface area (Å²) in [6.07, 6.45) is 2.21. The molecular formula is C15H14Cl2N2O2. The average molecular weight is 325 g/mol. The van der Waals surface area contributed by atoms with Crippen molar-refractivity contribution in [1.82, 2.24) is 10.5 Å². The maximum atomic E-state index is 12.1. The number of carbonyl (C=O) groups excluding carboxylic acids is 1. The molecule has 0 saturated heterocycles. The Hall–Kier alpha value is -1.52. The fraction of sp³-hybridized carbons (Fsp3) is 0.333. The molecule has 1 unspecified atom stereocenters. The van der Waals surface area contributed by atoms with Crippen molar-refractivity contribution in [3.05, 3.63) is 51.3 Å². The SMILES string of the molecule is CC(NC(=O)c1cc(C2CC2)on1)c1ccc(Cl)c(Cl)c1. The van der Waals surface area contributed by atoms with Crippen molar-refractivity contribution < 1.29 is 9.32 Å². The Balaban J connectivity index is 1.69. The van der Waals surface area contributed by atoms with Gasteiger partial charge >= 0.3 is 0 Å². The number of nitrogens with one attached hydrogen (secondary N) is 1. The molecule has 0 bridgehead atoms. The van der Waals surface area contributed by atoms with E-state index in [4.69, 9.17) is 27.7 Å². The molecule has 1 aliphatic carbocycles. The van der Waals surface area contributed by atoms with Crippen LogP contribution in [0.25, 0.3) is 0 Å². The highest BCUT2D eigenvalue weighted by Gasteiger charge is 2.29. The smallest absolute Gasteiger partial charge is 0.273 e. The van der Waals surface area contributed by atoms with Crippen LogP contribution in [0.5, 0.6) is 0 Å². The molecular weight excluding hydrogens is 311 g/mol. The minimum absolute atomic E-state index is 0.201. The highest BCUT2D eigenvalue weighted by molar-refractivity contribution is 6.42. The summed E-state index contributed by atoms with van der Waals surface area (Å²) in [5.74, 6) is 0.970. The number of nitrogens with zero attached hydrogens (tertiary/aromatic N) is 1. The average Bonchev–Trinajstić information content (AvgIpc) is 3.19. The summed E-state index contributed by atoms with van der Waals surface area (Å²) >= 11 is 11.9. The number of rotatable bonds is 4. The Bertz CT molecular complexity index is 680. The van der Waals surface area contributed by atoms with Crippen molar-refractivity contribution in [3.63, 3.8) is 0 Å². The van der Waals surface area contributed by atoms with Gasteiger partial charge in [0.15, 0.2) is 5.69 Å². The lowest BCUT2D eigenvalue weighted by Crippen LogP contribution is -2.26. The number of aromatic nitrogens is 1. The summed E-state index contributed by atoms with van der Waals surface area (Å²) in [6, 6.07) is 6.80. The van der Waals surface area contributed by atoms with Gasteiger partial charge < -0.3 is 9.84 Å². The molecule has 0 radical (unpaired) electrons. The molecule has 3 rings (SSSR count). The third-order valence-corrected chi connectivity index (χ3v) is 4.27. The molecule has 4 nitrogen and oxygen atoms in total. The summed E-state index contributed by atoms with van der Waals surface area (Å²) in [5.41, 5.74) is 1.19. The Morgan fingerprint density at radius 2 is 2.10 bits per heavy atom. The van der Waals surface area contributed by atoms with Gasteiger partial charge in [0.2, 0.25) is 0 Å². The molecule has 1 N–H and O–H groups in total. The van der Waals surface area contributed by atoms with E-state index in [1.165, 1.54) is 0 Å². The second-order valence-electron chi connectivity index (χ2n) is 5.26. The standard InChI is InChI=1S/C15H14Cl2N2O2/c1-8(10-4-5-11(16)12(17)6-10)18-15(20)13-7-14(21-19-13)9-2-3-9/h4-9H,2-3H2,1H3,(H,18,20). The summed E-state index contributed by atoms with van der Waals surface area (Å²) in [6.45, 7) is 1.87. The van der Waals surface area contributed by atoms with E-state index in [1.54, 1.807) is 18.2 Å². The van der Waals surface area contributed by atoms with Gasteiger partial charge in [0, 0.05) is 12.0 Å². The molecule has 1 atom stereocenters. The summed E-state index contributed by atoms with van der Waals surface area (Å²) in [4.78, 5) is 12.1. The molecule has 1 aliphatic rings. The number of benzene rings is 1. The quantitative estimate of drug-likeness (QED) is 0.909. The lowest BCUT2D eigenvalue weighted by atomic mass is 10.1. The first-order valence-corrected chi connectivity index (χ1v) is 7.52. The van der Waals surface area contributed by atoms with Crippen LogP contribution in [0, 0.1) is 0 Å². The zero-order valence-corrected chi connectivity index (χ0v) is 12.9.